The molecule has 1 saturated carbocycles. The molecule has 0 unspecified atom stereocenters. The number of hydrogen-bond donors (Lipinski definition) is 2. The Bertz CT molecular complexity index is 483. The minimum absolute atomic E-state index is 0.0906. The first-order valence-electron chi connectivity index (χ1n) is 5.74. The smallest absolute Gasteiger partial charge is 0.275 e. The number of hydrazone groups is 1. The van der Waals surface area contributed by atoms with Gasteiger partial charge < -0.3 is 0 Å². The van der Waals surface area contributed by atoms with Crippen LogP contribution in [-0.2, 0) is 0 Å². The summed E-state index contributed by atoms with van der Waals surface area (Å²) < 4.78 is 0. The fraction of sp³-hybridized carbons (Fsp3) is 0.545. The maximum absolute atomic E-state index is 11.2. The van der Waals surface area contributed by atoms with E-state index in [-0.39, 0.29) is 5.02 Å². The van der Waals surface area contributed by atoms with E-state index >= 15 is 0 Å². The molecule has 6 heteroatoms. The quantitative estimate of drug-likeness (QED) is 0.796. The van der Waals surface area contributed by atoms with Crippen molar-refractivity contribution in [1.29, 1.82) is 0 Å². The van der Waals surface area contributed by atoms with Crippen LogP contribution in [0.5, 0.6) is 0 Å². The standard InChI is InChI=1S/C11H15ClN4O/c1-7-4-2-3-5-8(7)14-15-9-6-13-16-11(17)10(9)12/h6-7H,2-5H2,1H3,(H2,15,16,17)/b14-8-/t7-/m0/s1. The molecule has 1 aliphatic carbocycles. The van der Waals surface area contributed by atoms with Gasteiger partial charge in [0.25, 0.3) is 5.56 Å². The molecule has 0 amide bonds. The lowest BCUT2D eigenvalue weighted by molar-refractivity contribution is 0.558. The van der Waals surface area contributed by atoms with Gasteiger partial charge in [0.1, 0.15) is 10.7 Å². The molecule has 92 valence electrons. The first-order chi connectivity index (χ1) is 8.18. The topological polar surface area (TPSA) is 70.1 Å². The lowest BCUT2D eigenvalue weighted by Crippen LogP contribution is -2.18. The third-order valence-corrected chi connectivity index (χ3v) is 3.38. The molecule has 2 N–H and O–H groups in total. The van der Waals surface area contributed by atoms with Gasteiger partial charge in [-0.15, -0.1) is 0 Å². The number of anilines is 1. The van der Waals surface area contributed by atoms with Crippen molar-refractivity contribution in [2.75, 3.05) is 5.43 Å². The van der Waals surface area contributed by atoms with Crippen molar-refractivity contribution in [1.82, 2.24) is 10.2 Å². The molecule has 0 aromatic carbocycles. The van der Waals surface area contributed by atoms with E-state index in [9.17, 15) is 4.79 Å². The molecule has 0 spiro atoms. The van der Waals surface area contributed by atoms with Crippen LogP contribution in [0.1, 0.15) is 32.6 Å². The van der Waals surface area contributed by atoms with Crippen LogP contribution in [0, 0.1) is 5.92 Å². The summed E-state index contributed by atoms with van der Waals surface area (Å²) >= 11 is 5.83. The molecule has 17 heavy (non-hydrogen) atoms. The second-order valence-corrected chi connectivity index (χ2v) is 4.67. The van der Waals surface area contributed by atoms with Crippen molar-refractivity contribution in [3.05, 3.63) is 21.6 Å². The normalized spacial score (nSPS) is 22.7. The van der Waals surface area contributed by atoms with E-state index in [0.29, 0.717) is 11.6 Å². The zero-order valence-electron chi connectivity index (χ0n) is 9.66. The highest BCUT2D eigenvalue weighted by Gasteiger charge is 2.15. The molecular formula is C11H15ClN4O. The van der Waals surface area contributed by atoms with Gasteiger partial charge in [-0.2, -0.15) is 10.2 Å². The molecule has 1 atom stereocenters. The fourth-order valence-corrected chi connectivity index (χ4v) is 2.06. The summed E-state index contributed by atoms with van der Waals surface area (Å²) in [6.45, 7) is 2.16. The largest absolute Gasteiger partial charge is 0.285 e. The van der Waals surface area contributed by atoms with Crippen LogP contribution in [0.15, 0.2) is 16.1 Å². The Hall–Kier alpha value is -1.36. The number of rotatable bonds is 2. The maximum Gasteiger partial charge on any atom is 0.285 e. The van der Waals surface area contributed by atoms with Gasteiger partial charge in [-0.05, 0) is 25.2 Å². The molecule has 1 aromatic heterocycles. The highest BCUT2D eigenvalue weighted by molar-refractivity contribution is 6.32. The van der Waals surface area contributed by atoms with Gasteiger partial charge >= 0.3 is 0 Å². The predicted octanol–water partition coefficient (Wildman–Crippen LogP) is 2.40. The Labute approximate surface area is 104 Å². The van der Waals surface area contributed by atoms with Gasteiger partial charge in [0, 0.05) is 5.71 Å². The number of halogens is 1. The van der Waals surface area contributed by atoms with Crippen LogP contribution in [-0.4, -0.2) is 15.9 Å². The number of H-pyrrole nitrogens is 1. The van der Waals surface area contributed by atoms with Gasteiger partial charge in [-0.3, -0.25) is 10.2 Å². The molecule has 1 fully saturated rings. The minimum Gasteiger partial charge on any atom is -0.275 e. The molecule has 0 aliphatic heterocycles. The molecule has 1 aromatic rings. The first-order valence-corrected chi connectivity index (χ1v) is 6.12. The van der Waals surface area contributed by atoms with Crippen LogP contribution >= 0.6 is 11.6 Å². The van der Waals surface area contributed by atoms with E-state index in [1.807, 2.05) is 0 Å². The third kappa shape index (κ3) is 2.85. The first kappa shape index (κ1) is 12.1. The molecule has 0 radical (unpaired) electrons. The number of nitrogens with zero attached hydrogens (tertiary/aromatic N) is 2. The van der Waals surface area contributed by atoms with Gasteiger partial charge in [-0.25, -0.2) is 5.10 Å². The third-order valence-electron chi connectivity index (χ3n) is 3.00. The van der Waals surface area contributed by atoms with Crippen LogP contribution < -0.4 is 11.0 Å². The summed E-state index contributed by atoms with van der Waals surface area (Å²) in [5, 5.41) is 10.4. The summed E-state index contributed by atoms with van der Waals surface area (Å²) in [7, 11) is 0. The van der Waals surface area contributed by atoms with Crippen molar-refractivity contribution >= 4 is 23.0 Å². The lowest BCUT2D eigenvalue weighted by Gasteiger charge is -2.20. The van der Waals surface area contributed by atoms with E-state index in [1.165, 1.54) is 25.5 Å². The van der Waals surface area contributed by atoms with E-state index in [4.69, 9.17) is 11.6 Å². The van der Waals surface area contributed by atoms with Crippen LogP contribution in [0.2, 0.25) is 5.02 Å². The monoisotopic (exact) mass is 254 g/mol. The zero-order chi connectivity index (χ0) is 12.3. The molecule has 1 heterocycles. The van der Waals surface area contributed by atoms with Gasteiger partial charge in [-0.1, -0.05) is 24.9 Å². The van der Waals surface area contributed by atoms with Crippen molar-refractivity contribution in [3.63, 3.8) is 0 Å². The number of aromatic amines is 1. The summed E-state index contributed by atoms with van der Waals surface area (Å²) in [6.07, 6.45) is 6.06. The van der Waals surface area contributed by atoms with Gasteiger partial charge in [0.2, 0.25) is 0 Å². The average Bonchev–Trinajstić information content (AvgIpc) is 2.33. The summed E-state index contributed by atoms with van der Waals surface area (Å²) in [4.78, 5) is 11.2. The highest BCUT2D eigenvalue weighted by atomic mass is 35.5. The number of nitrogens with one attached hydrogen (secondary N) is 2. The van der Waals surface area contributed by atoms with Crippen LogP contribution in [0.3, 0.4) is 0 Å². The Balaban J connectivity index is 2.13. The minimum atomic E-state index is -0.409. The molecule has 5 nitrogen and oxygen atoms in total. The van der Waals surface area contributed by atoms with Crippen molar-refractivity contribution in [3.8, 4) is 0 Å². The van der Waals surface area contributed by atoms with E-state index in [2.05, 4.69) is 27.6 Å². The zero-order valence-corrected chi connectivity index (χ0v) is 10.4. The Morgan fingerprint density at radius 1 is 1.59 bits per heavy atom. The van der Waals surface area contributed by atoms with Gasteiger partial charge in [0.05, 0.1) is 6.20 Å². The van der Waals surface area contributed by atoms with E-state index < -0.39 is 5.56 Å². The fourth-order valence-electron chi connectivity index (χ4n) is 1.93. The number of aromatic nitrogens is 2. The molecular weight excluding hydrogens is 240 g/mol. The van der Waals surface area contributed by atoms with Crippen molar-refractivity contribution < 1.29 is 0 Å². The van der Waals surface area contributed by atoms with E-state index in [0.717, 1.165) is 12.1 Å². The molecule has 0 bridgehead atoms. The highest BCUT2D eigenvalue weighted by Crippen LogP contribution is 2.22. The lowest BCUT2D eigenvalue weighted by atomic mass is 9.89. The Morgan fingerprint density at radius 3 is 3.18 bits per heavy atom. The van der Waals surface area contributed by atoms with Gasteiger partial charge in [0.15, 0.2) is 0 Å². The average molecular weight is 255 g/mol. The Morgan fingerprint density at radius 2 is 2.41 bits per heavy atom. The maximum atomic E-state index is 11.2. The van der Waals surface area contributed by atoms with Crippen molar-refractivity contribution in [2.24, 2.45) is 11.0 Å². The van der Waals surface area contributed by atoms with Crippen LogP contribution in [0.4, 0.5) is 5.69 Å². The molecule has 0 saturated heterocycles. The van der Waals surface area contributed by atoms with E-state index in [1.54, 1.807) is 0 Å². The molecule has 2 rings (SSSR count). The second kappa shape index (κ2) is 5.31. The van der Waals surface area contributed by atoms with Crippen molar-refractivity contribution in [2.45, 2.75) is 32.6 Å². The SMILES string of the molecule is C[C@H]1CCCC/C1=N/Nc1cn[nH]c(=O)c1Cl. The Kier molecular flexibility index (Phi) is 3.78. The predicted molar refractivity (Wildman–Crippen MR) is 68.6 cm³/mol. The summed E-state index contributed by atoms with van der Waals surface area (Å²) in [5.74, 6) is 0.491. The summed E-state index contributed by atoms with van der Waals surface area (Å²) in [5.41, 5.74) is 4.00. The van der Waals surface area contributed by atoms with Crippen LogP contribution in [0.25, 0.3) is 0 Å². The summed E-state index contributed by atoms with van der Waals surface area (Å²) in [6, 6.07) is 0. The number of hydrogen-bond acceptors (Lipinski definition) is 4. The molecule has 1 aliphatic rings. The second-order valence-electron chi connectivity index (χ2n) is 4.29.